The van der Waals surface area contributed by atoms with Gasteiger partial charge in [-0.3, -0.25) is 0 Å². The Labute approximate surface area is 147 Å². The Bertz CT molecular complexity index is 544. The average Bonchev–Trinajstić information content (AvgIpc) is 2.59. The third kappa shape index (κ3) is 4.93. The molecule has 3 rings (SSSR count). The van der Waals surface area contributed by atoms with Crippen molar-refractivity contribution < 1.29 is 21.1 Å². The fourth-order valence-electron chi connectivity index (χ4n) is 2.18. The molecule has 0 unspecified atom stereocenters. The van der Waals surface area contributed by atoms with Gasteiger partial charge in [0.25, 0.3) is 0 Å². The van der Waals surface area contributed by atoms with E-state index in [1.165, 1.54) is 20.6 Å². The largest absolute Gasteiger partial charge is 0.0622 e. The van der Waals surface area contributed by atoms with Gasteiger partial charge in [0.1, 0.15) is 0 Å². The van der Waals surface area contributed by atoms with Gasteiger partial charge in [-0.25, -0.2) is 0 Å². The smallest absolute Gasteiger partial charge is 0.0134 e. The molecule has 0 heterocycles. The average molecular weight is 488 g/mol. The predicted molar refractivity (Wildman–Crippen MR) is 95.6 cm³/mol. The van der Waals surface area contributed by atoms with Gasteiger partial charge in [0, 0.05) is 0 Å². The van der Waals surface area contributed by atoms with Crippen LogP contribution in [0.1, 0.15) is 6.92 Å². The summed E-state index contributed by atoms with van der Waals surface area (Å²) in [5.74, 6) is 0. The first-order chi connectivity index (χ1) is 10.9. The van der Waals surface area contributed by atoms with E-state index in [0.29, 0.717) is 0 Å². The molecule has 0 aliphatic rings. The van der Waals surface area contributed by atoms with Crippen LogP contribution < -0.4 is 15.9 Å². The number of benzene rings is 3. The molecule has 0 N–H and O–H groups in total. The summed E-state index contributed by atoms with van der Waals surface area (Å²) in [5.41, 5.74) is 0. The molecule has 116 valence electrons. The van der Waals surface area contributed by atoms with Crippen molar-refractivity contribution in [2.45, 2.75) is 11.6 Å². The second-order valence-corrected chi connectivity index (χ2v) is 8.31. The summed E-state index contributed by atoms with van der Waals surface area (Å²) in [6.45, 7) is 2.10. The molecule has 0 saturated carbocycles. The molecular weight excluding hydrogens is 468 g/mol. The van der Waals surface area contributed by atoms with Crippen LogP contribution in [0.2, 0.25) is 4.64 Å². The minimum Gasteiger partial charge on any atom is -0.0622 e. The van der Waals surface area contributed by atoms with Gasteiger partial charge in [0.15, 0.2) is 0 Å². The van der Waals surface area contributed by atoms with E-state index in [0.717, 1.165) is 0 Å². The zero-order valence-electron chi connectivity index (χ0n) is 12.6. The van der Waals surface area contributed by atoms with E-state index in [1.807, 2.05) is 0 Å². The number of hydrogen-bond acceptors (Lipinski definition) is 0. The first kappa shape index (κ1) is 17.2. The minimum atomic E-state index is -0.446. The molecule has 22 heavy (non-hydrogen) atoms. The Morgan fingerprint density at radius 1 is 0.591 bits per heavy atom. The second-order valence-electron chi connectivity index (χ2n) is 4.56. The summed E-state index contributed by atoms with van der Waals surface area (Å²) < 4.78 is 1.19. The maximum atomic E-state index is 2.43. The monoisotopic (exact) mass is 488 g/mol. The van der Waals surface area contributed by atoms with Crippen molar-refractivity contribution in [2.75, 3.05) is 0 Å². The van der Waals surface area contributed by atoms with Crippen molar-refractivity contribution in [1.29, 1.82) is 0 Å². The molecule has 0 amide bonds. The Morgan fingerprint density at radius 3 is 1.05 bits per heavy atom. The van der Waals surface area contributed by atoms with Gasteiger partial charge in [-0.15, -0.1) is 0 Å². The molecule has 2 heteroatoms. The van der Waals surface area contributed by atoms with E-state index in [-0.39, 0.29) is 0 Å². The summed E-state index contributed by atoms with van der Waals surface area (Å²) in [5, 5.41) is 4.19. The molecule has 0 aromatic heterocycles. The van der Waals surface area contributed by atoms with Crippen LogP contribution in [0.25, 0.3) is 0 Å². The SMILES string of the molecule is C[CH2][Au].c1ccc(P(c2ccccc2)c2ccccc2)cc1. The van der Waals surface area contributed by atoms with Gasteiger partial charge in [-0.05, 0) is 23.8 Å². The van der Waals surface area contributed by atoms with E-state index in [2.05, 4.69) is 119 Å². The van der Waals surface area contributed by atoms with Crippen LogP contribution in [-0.2, 0) is 21.1 Å². The maximum absolute atomic E-state index is 2.43. The van der Waals surface area contributed by atoms with Gasteiger partial charge < -0.3 is 0 Å². The topological polar surface area (TPSA) is 0 Å². The van der Waals surface area contributed by atoms with Gasteiger partial charge in [-0.2, -0.15) is 0 Å². The van der Waals surface area contributed by atoms with Crippen LogP contribution in [0.15, 0.2) is 91.0 Å². The van der Waals surface area contributed by atoms with Crippen molar-refractivity contribution in [3.63, 3.8) is 0 Å². The van der Waals surface area contributed by atoms with Crippen LogP contribution in [0.3, 0.4) is 0 Å². The summed E-state index contributed by atoms with van der Waals surface area (Å²) in [6, 6.07) is 32.3. The minimum absolute atomic E-state index is 0.446. The number of rotatable bonds is 3. The van der Waals surface area contributed by atoms with E-state index in [1.54, 1.807) is 0 Å². The van der Waals surface area contributed by atoms with Crippen molar-refractivity contribution in [3.8, 4) is 0 Å². The third-order valence-corrected chi connectivity index (χ3v) is 5.49. The molecule has 0 nitrogen and oxygen atoms in total. The molecule has 0 fully saturated rings. The Kier molecular flexibility index (Phi) is 7.63. The van der Waals surface area contributed by atoms with Gasteiger partial charge in [0.05, 0.1) is 0 Å². The Balaban J connectivity index is 0.000000545. The zero-order valence-corrected chi connectivity index (χ0v) is 15.7. The van der Waals surface area contributed by atoms with Crippen LogP contribution in [0, 0.1) is 0 Å². The van der Waals surface area contributed by atoms with Crippen molar-refractivity contribution >= 4 is 23.8 Å². The van der Waals surface area contributed by atoms with Crippen molar-refractivity contribution in [3.05, 3.63) is 91.0 Å². The van der Waals surface area contributed by atoms with Gasteiger partial charge >= 0.3 is 32.6 Å². The summed E-state index contributed by atoms with van der Waals surface area (Å²) in [4.78, 5) is 0. The van der Waals surface area contributed by atoms with Crippen molar-refractivity contribution in [1.82, 2.24) is 0 Å². The van der Waals surface area contributed by atoms with Crippen molar-refractivity contribution in [2.24, 2.45) is 0 Å². The summed E-state index contributed by atoms with van der Waals surface area (Å²) >= 11 is 2.43. The molecule has 3 aromatic rings. The fourth-order valence-corrected chi connectivity index (χ4v) is 4.48. The van der Waals surface area contributed by atoms with Gasteiger partial charge in [-0.1, -0.05) is 91.0 Å². The van der Waals surface area contributed by atoms with Crippen LogP contribution in [-0.4, -0.2) is 0 Å². The first-order valence-electron chi connectivity index (χ1n) is 7.32. The Morgan fingerprint density at radius 2 is 0.818 bits per heavy atom. The molecule has 3 aromatic carbocycles. The first-order valence-corrected chi connectivity index (χ1v) is 10.2. The molecule has 0 aliphatic carbocycles. The van der Waals surface area contributed by atoms with E-state index < -0.39 is 7.92 Å². The molecule has 0 atom stereocenters. The molecule has 0 bridgehead atoms. The molecule has 0 aliphatic heterocycles. The van der Waals surface area contributed by atoms with E-state index in [9.17, 15) is 0 Å². The molecule has 0 saturated heterocycles. The molecule has 0 radical (unpaired) electrons. The normalized spacial score (nSPS) is 10.0. The van der Waals surface area contributed by atoms with Gasteiger partial charge in [0.2, 0.25) is 0 Å². The van der Waals surface area contributed by atoms with Crippen LogP contribution in [0.4, 0.5) is 0 Å². The zero-order chi connectivity index (χ0) is 15.6. The summed E-state index contributed by atoms with van der Waals surface area (Å²) in [6.07, 6.45) is 0. The van der Waals surface area contributed by atoms with E-state index >= 15 is 0 Å². The fraction of sp³-hybridized carbons (Fsp3) is 0.100. The van der Waals surface area contributed by atoms with Crippen LogP contribution >= 0.6 is 7.92 Å². The van der Waals surface area contributed by atoms with Crippen LogP contribution in [0.5, 0.6) is 0 Å². The molecular formula is C20H20AuP. The standard InChI is InChI=1S/C18H15P.C2H5.Au/c1-4-10-16(11-5-1)19(17-12-6-2-7-13-17)18-14-8-3-9-15-18;1-2;/h1-15H;1H2,2H3;. The summed E-state index contributed by atoms with van der Waals surface area (Å²) in [7, 11) is -0.446. The molecule has 0 spiro atoms. The quantitative estimate of drug-likeness (QED) is 0.379. The maximum Gasteiger partial charge on any atom is -0.0134 e. The van der Waals surface area contributed by atoms with E-state index in [4.69, 9.17) is 0 Å². The third-order valence-electron chi connectivity index (χ3n) is 3.04. The predicted octanol–water partition coefficient (Wildman–Crippen LogP) is 4.42. The number of hydrogen-bond donors (Lipinski definition) is 0. The second kappa shape index (κ2) is 9.77. The Hall–Kier alpha value is -1.17.